The van der Waals surface area contributed by atoms with Crippen molar-refractivity contribution < 1.29 is 0 Å². The van der Waals surface area contributed by atoms with Crippen molar-refractivity contribution in [1.82, 2.24) is 0 Å². The maximum Gasteiger partial charge on any atom is 0.0177 e. The van der Waals surface area contributed by atoms with Gasteiger partial charge in [0.05, 0.1) is 0 Å². The predicted octanol–water partition coefficient (Wildman–Crippen LogP) is 4.60. The summed E-state index contributed by atoms with van der Waals surface area (Å²) in [7, 11) is 0. The van der Waals surface area contributed by atoms with Gasteiger partial charge in [-0.1, -0.05) is 47.1 Å². The van der Waals surface area contributed by atoms with Crippen LogP contribution in [0.2, 0.25) is 0 Å². The molecular formula is C16H21Br. The van der Waals surface area contributed by atoms with Crippen molar-refractivity contribution in [3.8, 4) is 0 Å². The maximum atomic E-state index is 3.94. The molecule has 0 spiro atoms. The Morgan fingerprint density at radius 1 is 1.12 bits per heavy atom. The van der Waals surface area contributed by atoms with Crippen LogP contribution in [0.4, 0.5) is 0 Å². The van der Waals surface area contributed by atoms with Gasteiger partial charge in [0.1, 0.15) is 0 Å². The molecule has 0 saturated heterocycles. The molecule has 1 fully saturated rings. The molecule has 2 aliphatic rings. The Morgan fingerprint density at radius 2 is 1.65 bits per heavy atom. The molecule has 17 heavy (non-hydrogen) atoms. The van der Waals surface area contributed by atoms with Crippen molar-refractivity contribution in [2.24, 2.45) is 17.8 Å². The molecular weight excluding hydrogens is 272 g/mol. The smallest absolute Gasteiger partial charge is 0.0177 e. The molecule has 0 heterocycles. The fraction of sp³-hybridized carbons (Fsp3) is 0.625. The summed E-state index contributed by atoms with van der Waals surface area (Å²) in [4.78, 5) is 0.731. The fourth-order valence-corrected chi connectivity index (χ4v) is 4.92. The summed E-state index contributed by atoms with van der Waals surface area (Å²) >= 11 is 3.94. The molecule has 3 atom stereocenters. The third-order valence-corrected chi connectivity index (χ3v) is 6.15. The van der Waals surface area contributed by atoms with Crippen molar-refractivity contribution in [2.75, 3.05) is 0 Å². The Morgan fingerprint density at radius 3 is 2.12 bits per heavy atom. The minimum Gasteiger partial charge on any atom is -0.0888 e. The van der Waals surface area contributed by atoms with Gasteiger partial charge in [-0.3, -0.25) is 0 Å². The van der Waals surface area contributed by atoms with Crippen LogP contribution in [0.25, 0.3) is 0 Å². The first kappa shape index (κ1) is 11.8. The minimum absolute atomic E-state index is 0.731. The first-order chi connectivity index (χ1) is 8.29. The molecule has 0 N–H and O–H groups in total. The topological polar surface area (TPSA) is 0 Å². The van der Waals surface area contributed by atoms with E-state index in [1.165, 1.54) is 32.1 Å². The highest BCUT2D eigenvalue weighted by molar-refractivity contribution is 9.09. The maximum absolute atomic E-state index is 3.94. The molecule has 0 radical (unpaired) electrons. The number of benzene rings is 1. The Bertz CT molecular complexity index is 365. The van der Waals surface area contributed by atoms with E-state index in [1.54, 1.807) is 11.1 Å². The van der Waals surface area contributed by atoms with E-state index in [1.807, 2.05) is 0 Å². The summed E-state index contributed by atoms with van der Waals surface area (Å²) in [5.41, 5.74) is 3.25. The van der Waals surface area contributed by atoms with E-state index in [4.69, 9.17) is 0 Å². The van der Waals surface area contributed by atoms with Gasteiger partial charge in [-0.15, -0.1) is 0 Å². The molecule has 1 heteroatoms. The Labute approximate surface area is 113 Å². The largest absolute Gasteiger partial charge is 0.0888 e. The van der Waals surface area contributed by atoms with Crippen molar-refractivity contribution >= 4 is 15.9 Å². The Hall–Kier alpha value is -0.300. The van der Waals surface area contributed by atoms with Crippen LogP contribution in [-0.2, 0) is 12.8 Å². The van der Waals surface area contributed by atoms with Gasteiger partial charge >= 0.3 is 0 Å². The van der Waals surface area contributed by atoms with Gasteiger partial charge in [-0.2, -0.15) is 0 Å². The standard InChI is InChI=1S/C16H21Br/c1-2-15(17)16-13-7-8-14(16)10-12-6-4-3-5-11(12)9-13/h3-6,13-16H,2,7-10H2,1H3. The number of halogens is 1. The minimum atomic E-state index is 0.731. The molecule has 1 aromatic rings. The number of hydrogen-bond donors (Lipinski definition) is 0. The van der Waals surface area contributed by atoms with Crippen LogP contribution in [0.3, 0.4) is 0 Å². The molecule has 92 valence electrons. The normalized spacial score (nSPS) is 32.9. The molecule has 2 bridgehead atoms. The number of rotatable bonds is 2. The molecule has 2 aliphatic carbocycles. The first-order valence-corrected chi connectivity index (χ1v) is 7.92. The van der Waals surface area contributed by atoms with Gasteiger partial charge in [0.25, 0.3) is 0 Å². The van der Waals surface area contributed by atoms with E-state index in [2.05, 4.69) is 47.1 Å². The number of alkyl halides is 1. The third kappa shape index (κ3) is 2.07. The number of hydrogen-bond acceptors (Lipinski definition) is 0. The zero-order valence-corrected chi connectivity index (χ0v) is 12.1. The van der Waals surface area contributed by atoms with Crippen LogP contribution in [0.15, 0.2) is 24.3 Å². The van der Waals surface area contributed by atoms with Crippen LogP contribution in [0.5, 0.6) is 0 Å². The van der Waals surface area contributed by atoms with Gasteiger partial charge < -0.3 is 0 Å². The van der Waals surface area contributed by atoms with E-state index >= 15 is 0 Å². The second kappa shape index (κ2) is 4.76. The highest BCUT2D eigenvalue weighted by Gasteiger charge is 2.41. The molecule has 3 unspecified atom stereocenters. The summed E-state index contributed by atoms with van der Waals surface area (Å²) in [6, 6.07) is 9.11. The second-order valence-corrected chi connectivity index (χ2v) is 6.95. The summed E-state index contributed by atoms with van der Waals surface area (Å²) in [6.07, 6.45) is 6.81. The van der Waals surface area contributed by atoms with E-state index < -0.39 is 0 Å². The lowest BCUT2D eigenvalue weighted by Gasteiger charge is -2.26. The van der Waals surface area contributed by atoms with E-state index in [-0.39, 0.29) is 0 Å². The van der Waals surface area contributed by atoms with Gasteiger partial charge in [-0.05, 0) is 61.0 Å². The van der Waals surface area contributed by atoms with Crippen LogP contribution in [0.1, 0.15) is 37.3 Å². The average Bonchev–Trinajstić information content (AvgIpc) is 2.64. The summed E-state index contributed by atoms with van der Waals surface area (Å²) < 4.78 is 0. The van der Waals surface area contributed by atoms with Crippen LogP contribution in [-0.4, -0.2) is 4.83 Å². The molecule has 1 saturated carbocycles. The van der Waals surface area contributed by atoms with E-state index in [0.29, 0.717) is 0 Å². The van der Waals surface area contributed by atoms with Crippen molar-refractivity contribution in [3.63, 3.8) is 0 Å². The summed E-state index contributed by atoms with van der Waals surface area (Å²) in [5.74, 6) is 2.76. The van der Waals surface area contributed by atoms with E-state index in [0.717, 1.165) is 22.6 Å². The highest BCUT2D eigenvalue weighted by atomic mass is 79.9. The predicted molar refractivity (Wildman–Crippen MR) is 76.6 cm³/mol. The molecule has 3 rings (SSSR count). The molecule has 0 aromatic heterocycles. The van der Waals surface area contributed by atoms with Crippen molar-refractivity contribution in [1.29, 1.82) is 0 Å². The fourth-order valence-electron chi connectivity index (χ4n) is 4.06. The zero-order valence-electron chi connectivity index (χ0n) is 10.5. The van der Waals surface area contributed by atoms with Crippen molar-refractivity contribution in [3.05, 3.63) is 35.4 Å². The van der Waals surface area contributed by atoms with Crippen molar-refractivity contribution in [2.45, 2.75) is 43.9 Å². The molecule has 0 aliphatic heterocycles. The summed E-state index contributed by atoms with van der Waals surface area (Å²) in [5, 5.41) is 0. The average molecular weight is 293 g/mol. The lowest BCUT2D eigenvalue weighted by Crippen LogP contribution is -2.24. The van der Waals surface area contributed by atoms with Gasteiger partial charge in [0, 0.05) is 4.83 Å². The molecule has 0 amide bonds. The lowest BCUT2D eigenvalue weighted by atomic mass is 9.84. The molecule has 0 nitrogen and oxygen atoms in total. The molecule has 1 aromatic carbocycles. The third-order valence-electron chi connectivity index (χ3n) is 4.89. The van der Waals surface area contributed by atoms with Gasteiger partial charge in [0.2, 0.25) is 0 Å². The first-order valence-electron chi connectivity index (χ1n) is 7.00. The van der Waals surface area contributed by atoms with Gasteiger partial charge in [-0.25, -0.2) is 0 Å². The van der Waals surface area contributed by atoms with Crippen LogP contribution < -0.4 is 0 Å². The van der Waals surface area contributed by atoms with E-state index in [9.17, 15) is 0 Å². The van der Waals surface area contributed by atoms with Crippen LogP contribution in [0, 0.1) is 17.8 Å². The monoisotopic (exact) mass is 292 g/mol. The zero-order chi connectivity index (χ0) is 11.8. The van der Waals surface area contributed by atoms with Gasteiger partial charge in [0.15, 0.2) is 0 Å². The lowest BCUT2D eigenvalue weighted by molar-refractivity contribution is 0.308. The second-order valence-electron chi connectivity index (χ2n) is 5.78. The highest BCUT2D eigenvalue weighted by Crippen LogP contribution is 2.48. The quantitative estimate of drug-likeness (QED) is 0.699. The van der Waals surface area contributed by atoms with Crippen LogP contribution >= 0.6 is 15.9 Å². The Balaban J connectivity index is 1.92. The SMILES string of the molecule is CCC(Br)C1C2CCC1Cc1ccccc1C2. The summed E-state index contributed by atoms with van der Waals surface area (Å²) in [6.45, 7) is 2.32. The number of fused-ring (bicyclic) bond motifs is 3. The Kier molecular flexibility index (Phi) is 3.30.